The van der Waals surface area contributed by atoms with Crippen LogP contribution in [0.3, 0.4) is 0 Å². The van der Waals surface area contributed by atoms with Gasteiger partial charge >= 0.3 is 0 Å². The second kappa shape index (κ2) is 4.28. The van der Waals surface area contributed by atoms with Crippen molar-refractivity contribution in [1.82, 2.24) is 0 Å². The highest BCUT2D eigenvalue weighted by molar-refractivity contribution is 5.12. The molecule has 1 unspecified atom stereocenters. The molecule has 0 spiro atoms. The van der Waals surface area contributed by atoms with Gasteiger partial charge in [-0.25, -0.2) is 0 Å². The topological polar surface area (TPSA) is 26.0 Å². The van der Waals surface area contributed by atoms with E-state index in [9.17, 15) is 0 Å². The van der Waals surface area contributed by atoms with Gasteiger partial charge in [-0.1, -0.05) is 32.4 Å². The molecule has 0 aromatic carbocycles. The van der Waals surface area contributed by atoms with Crippen LogP contribution in [0.4, 0.5) is 0 Å². The lowest BCUT2D eigenvalue weighted by Gasteiger charge is -2.26. The van der Waals surface area contributed by atoms with Gasteiger partial charge in [-0.05, 0) is 37.5 Å². The summed E-state index contributed by atoms with van der Waals surface area (Å²) in [5.74, 6) is 0. The van der Waals surface area contributed by atoms with Crippen LogP contribution in [-0.2, 0) is 0 Å². The second-order valence-corrected chi connectivity index (χ2v) is 5.40. The minimum Gasteiger partial charge on any atom is -0.324 e. The Hall–Kier alpha value is -0.300. The van der Waals surface area contributed by atoms with Crippen molar-refractivity contribution in [3.63, 3.8) is 0 Å². The molecule has 0 bridgehead atoms. The lowest BCUT2D eigenvalue weighted by molar-refractivity contribution is 0.350. The highest BCUT2D eigenvalue weighted by Crippen LogP contribution is 2.27. The Labute approximate surface area is 82.4 Å². The quantitative estimate of drug-likeness (QED) is 0.650. The summed E-state index contributed by atoms with van der Waals surface area (Å²) < 4.78 is 0. The molecule has 1 nitrogen and oxygen atoms in total. The molecule has 2 N–H and O–H groups in total. The van der Waals surface area contributed by atoms with Crippen LogP contribution in [0.2, 0.25) is 0 Å². The van der Waals surface area contributed by atoms with Crippen LogP contribution in [0, 0.1) is 5.41 Å². The van der Waals surface area contributed by atoms with E-state index in [1.54, 1.807) is 0 Å². The van der Waals surface area contributed by atoms with Crippen LogP contribution in [-0.4, -0.2) is 6.04 Å². The summed E-state index contributed by atoms with van der Waals surface area (Å²) >= 11 is 0. The van der Waals surface area contributed by atoms with Gasteiger partial charge < -0.3 is 5.73 Å². The number of allylic oxidation sites excluding steroid dienone is 1. The fourth-order valence-corrected chi connectivity index (χ4v) is 1.99. The zero-order chi connectivity index (χ0) is 9.90. The van der Waals surface area contributed by atoms with Crippen molar-refractivity contribution in [3.8, 4) is 0 Å². The second-order valence-electron chi connectivity index (χ2n) is 5.40. The average Bonchev–Trinajstić information content (AvgIpc) is 2.03. The lowest BCUT2D eigenvalue weighted by atomic mass is 9.83. The van der Waals surface area contributed by atoms with Gasteiger partial charge in [0.1, 0.15) is 0 Å². The molecule has 13 heavy (non-hydrogen) atoms. The Morgan fingerprint density at radius 3 is 2.54 bits per heavy atom. The average molecular weight is 181 g/mol. The smallest absolute Gasteiger partial charge is 0.0258 e. The van der Waals surface area contributed by atoms with Gasteiger partial charge in [-0.3, -0.25) is 0 Å². The van der Waals surface area contributed by atoms with E-state index in [0.29, 0.717) is 11.5 Å². The molecule has 76 valence electrons. The SMILES string of the molecule is CC(C)(C)CC(N)C1=CCCCC1. The predicted molar refractivity (Wildman–Crippen MR) is 58.6 cm³/mol. The van der Waals surface area contributed by atoms with E-state index in [1.165, 1.54) is 31.3 Å². The molecule has 0 amide bonds. The third-order valence-corrected chi connectivity index (χ3v) is 2.63. The number of nitrogens with two attached hydrogens (primary N) is 1. The van der Waals surface area contributed by atoms with Crippen molar-refractivity contribution in [1.29, 1.82) is 0 Å². The number of hydrogen-bond acceptors (Lipinski definition) is 1. The molecule has 1 aliphatic carbocycles. The zero-order valence-corrected chi connectivity index (χ0v) is 9.27. The Morgan fingerprint density at radius 1 is 1.38 bits per heavy atom. The van der Waals surface area contributed by atoms with E-state index in [0.717, 1.165) is 6.42 Å². The van der Waals surface area contributed by atoms with E-state index in [1.807, 2.05) is 0 Å². The molecule has 0 aromatic rings. The summed E-state index contributed by atoms with van der Waals surface area (Å²) in [6.07, 6.45) is 8.64. The molecule has 0 radical (unpaired) electrons. The Balaban J connectivity index is 2.47. The summed E-state index contributed by atoms with van der Waals surface area (Å²) in [6.45, 7) is 6.78. The lowest BCUT2D eigenvalue weighted by Crippen LogP contribution is -2.29. The molecule has 0 saturated heterocycles. The van der Waals surface area contributed by atoms with E-state index in [4.69, 9.17) is 5.73 Å². The first-order chi connectivity index (χ1) is 5.99. The van der Waals surface area contributed by atoms with Crippen molar-refractivity contribution in [2.45, 2.75) is 58.9 Å². The Morgan fingerprint density at radius 2 is 2.08 bits per heavy atom. The van der Waals surface area contributed by atoms with Gasteiger partial charge in [-0.15, -0.1) is 0 Å². The summed E-state index contributed by atoms with van der Waals surface area (Å²) in [6, 6.07) is 0.306. The molecule has 0 fully saturated rings. The van der Waals surface area contributed by atoms with E-state index >= 15 is 0 Å². The molecule has 0 aromatic heterocycles. The molecule has 1 rings (SSSR count). The molecule has 1 aliphatic rings. The minimum absolute atomic E-state index is 0.306. The summed E-state index contributed by atoms with van der Waals surface area (Å²) in [5.41, 5.74) is 8.03. The number of hydrogen-bond donors (Lipinski definition) is 1. The predicted octanol–water partition coefficient (Wildman–Crippen LogP) is 3.25. The largest absolute Gasteiger partial charge is 0.324 e. The van der Waals surface area contributed by atoms with Gasteiger partial charge in [0, 0.05) is 6.04 Å². The highest BCUT2D eigenvalue weighted by atomic mass is 14.6. The molecular weight excluding hydrogens is 158 g/mol. The van der Waals surface area contributed by atoms with Crippen molar-refractivity contribution < 1.29 is 0 Å². The summed E-state index contributed by atoms with van der Waals surface area (Å²) in [5, 5.41) is 0. The van der Waals surface area contributed by atoms with Crippen molar-refractivity contribution in [2.24, 2.45) is 11.1 Å². The van der Waals surface area contributed by atoms with Gasteiger partial charge in [0.15, 0.2) is 0 Å². The van der Waals surface area contributed by atoms with E-state index in [-0.39, 0.29) is 0 Å². The summed E-state index contributed by atoms with van der Waals surface area (Å²) in [7, 11) is 0. The Kier molecular flexibility index (Phi) is 3.55. The van der Waals surface area contributed by atoms with E-state index < -0.39 is 0 Å². The van der Waals surface area contributed by atoms with Gasteiger partial charge in [-0.2, -0.15) is 0 Å². The summed E-state index contributed by atoms with van der Waals surface area (Å²) in [4.78, 5) is 0. The zero-order valence-electron chi connectivity index (χ0n) is 9.27. The van der Waals surface area contributed by atoms with Crippen LogP contribution < -0.4 is 5.73 Å². The van der Waals surface area contributed by atoms with E-state index in [2.05, 4.69) is 26.8 Å². The van der Waals surface area contributed by atoms with Crippen molar-refractivity contribution >= 4 is 0 Å². The standard InChI is InChI=1S/C12H23N/c1-12(2,3)9-11(13)10-7-5-4-6-8-10/h7,11H,4-6,8-9,13H2,1-3H3. The number of rotatable bonds is 2. The van der Waals surface area contributed by atoms with Crippen molar-refractivity contribution in [2.75, 3.05) is 0 Å². The molecular formula is C12H23N. The van der Waals surface area contributed by atoms with Crippen LogP contribution in [0.15, 0.2) is 11.6 Å². The van der Waals surface area contributed by atoms with Crippen molar-refractivity contribution in [3.05, 3.63) is 11.6 Å². The van der Waals surface area contributed by atoms with Crippen LogP contribution in [0.25, 0.3) is 0 Å². The molecule has 1 atom stereocenters. The highest BCUT2D eigenvalue weighted by Gasteiger charge is 2.19. The third kappa shape index (κ3) is 3.95. The maximum Gasteiger partial charge on any atom is 0.0258 e. The van der Waals surface area contributed by atoms with Gasteiger partial charge in [0.2, 0.25) is 0 Å². The van der Waals surface area contributed by atoms with Crippen LogP contribution in [0.1, 0.15) is 52.9 Å². The first kappa shape index (κ1) is 10.8. The maximum atomic E-state index is 6.17. The normalized spacial score (nSPS) is 21.1. The first-order valence-corrected chi connectivity index (χ1v) is 5.43. The minimum atomic E-state index is 0.306. The van der Waals surface area contributed by atoms with Crippen LogP contribution in [0.5, 0.6) is 0 Å². The molecule has 0 saturated carbocycles. The third-order valence-electron chi connectivity index (χ3n) is 2.63. The molecule has 0 aliphatic heterocycles. The maximum absolute atomic E-state index is 6.17. The molecule has 1 heteroatoms. The van der Waals surface area contributed by atoms with Gasteiger partial charge in [0.05, 0.1) is 0 Å². The fourth-order valence-electron chi connectivity index (χ4n) is 1.99. The fraction of sp³-hybridized carbons (Fsp3) is 0.833. The monoisotopic (exact) mass is 181 g/mol. The van der Waals surface area contributed by atoms with Crippen LogP contribution >= 0.6 is 0 Å². The molecule has 0 heterocycles. The van der Waals surface area contributed by atoms with Gasteiger partial charge in [0.25, 0.3) is 0 Å². The first-order valence-electron chi connectivity index (χ1n) is 5.43. The Bertz CT molecular complexity index is 186.